The molecule has 1 aromatic carbocycles. The van der Waals surface area contributed by atoms with Crippen molar-refractivity contribution in [1.82, 2.24) is 13.8 Å². The van der Waals surface area contributed by atoms with E-state index in [-0.39, 0.29) is 17.2 Å². The zero-order valence-electron chi connectivity index (χ0n) is 15.3. The number of aryl methyl sites for hydroxylation is 1. The number of hydrogen-bond acceptors (Lipinski definition) is 5. The van der Waals surface area contributed by atoms with Crippen LogP contribution in [-0.4, -0.2) is 66.3 Å². The van der Waals surface area contributed by atoms with Crippen molar-refractivity contribution in [3.05, 3.63) is 46.2 Å². The normalized spacial score (nSPS) is 21.7. The van der Waals surface area contributed by atoms with Crippen LogP contribution in [-0.2, 0) is 23.6 Å². The topological polar surface area (TPSA) is 82.9 Å². The number of para-hydroxylation sites is 1. The van der Waals surface area contributed by atoms with Crippen molar-refractivity contribution in [2.75, 3.05) is 32.9 Å². The molecule has 8 heteroatoms. The molecular weight excluding hydrogens is 354 g/mol. The Balaban J connectivity index is 1.79. The fourth-order valence-electron chi connectivity index (χ4n) is 3.50. The Hall–Kier alpha value is -1.74. The lowest BCUT2D eigenvalue weighted by molar-refractivity contribution is 0.148. The van der Waals surface area contributed by atoms with Gasteiger partial charge in [0.25, 0.3) is 5.56 Å². The number of nitrogens with zero attached hydrogens (tertiary/aromatic N) is 3. The van der Waals surface area contributed by atoms with Crippen molar-refractivity contribution in [3.63, 3.8) is 0 Å². The molecule has 0 amide bonds. The van der Waals surface area contributed by atoms with Crippen LogP contribution in [0.2, 0.25) is 0 Å². The third kappa shape index (κ3) is 3.68. The maximum atomic E-state index is 12.6. The molecular formula is C18H25N3O4S. The number of aliphatic hydroxyl groups is 1. The Bertz CT molecular complexity index is 968. The first kappa shape index (κ1) is 19.0. The SMILES string of the molecule is CN(C)S(=O)(=O)C[C@@H]1CN(Cc2cc3ccccc3n(C)c2=O)C[C@H]1O. The van der Waals surface area contributed by atoms with Crippen LogP contribution in [0.25, 0.3) is 10.9 Å². The number of sulfonamides is 1. The molecule has 1 fully saturated rings. The van der Waals surface area contributed by atoms with E-state index in [4.69, 9.17) is 0 Å². The fourth-order valence-corrected chi connectivity index (χ4v) is 4.66. The molecule has 0 radical (unpaired) electrons. The first-order valence-corrected chi connectivity index (χ1v) is 10.2. The number of pyridine rings is 1. The monoisotopic (exact) mass is 379 g/mol. The van der Waals surface area contributed by atoms with Crippen LogP contribution in [0, 0.1) is 5.92 Å². The van der Waals surface area contributed by atoms with Crippen LogP contribution in [0.4, 0.5) is 0 Å². The standard InChI is InChI=1S/C18H25N3O4S/c1-19(2)26(24,25)12-15-10-21(11-17(15)22)9-14-8-13-6-4-5-7-16(13)20(3)18(14)23/h4-8,15,17,22H,9-12H2,1-3H3/t15-,17+/m0/s1. The molecule has 2 heterocycles. The Morgan fingerprint density at radius 2 is 1.92 bits per heavy atom. The second-order valence-electron chi connectivity index (χ2n) is 7.18. The summed E-state index contributed by atoms with van der Waals surface area (Å²) in [5, 5.41) is 11.3. The number of β-amino-alcohol motifs (C(OH)–C–C–N with tert-alkyl or cyclic N) is 1. The van der Waals surface area contributed by atoms with E-state index >= 15 is 0 Å². The zero-order valence-corrected chi connectivity index (χ0v) is 16.1. The highest BCUT2D eigenvalue weighted by atomic mass is 32.2. The van der Waals surface area contributed by atoms with E-state index in [2.05, 4.69) is 0 Å². The van der Waals surface area contributed by atoms with Gasteiger partial charge in [-0.25, -0.2) is 12.7 Å². The molecule has 1 saturated heterocycles. The van der Waals surface area contributed by atoms with Crippen molar-refractivity contribution < 1.29 is 13.5 Å². The minimum atomic E-state index is -3.37. The van der Waals surface area contributed by atoms with Gasteiger partial charge in [0, 0.05) is 52.3 Å². The summed E-state index contributed by atoms with van der Waals surface area (Å²) in [7, 11) is 1.36. The predicted molar refractivity (Wildman–Crippen MR) is 101 cm³/mol. The molecule has 0 unspecified atom stereocenters. The van der Waals surface area contributed by atoms with Gasteiger partial charge in [0.15, 0.2) is 0 Å². The molecule has 0 spiro atoms. The number of hydrogen-bond donors (Lipinski definition) is 1. The lowest BCUT2D eigenvalue weighted by Crippen LogP contribution is -2.33. The van der Waals surface area contributed by atoms with Crippen LogP contribution in [0.1, 0.15) is 5.56 Å². The summed E-state index contributed by atoms with van der Waals surface area (Å²) >= 11 is 0. The third-order valence-corrected chi connectivity index (χ3v) is 7.03. The van der Waals surface area contributed by atoms with E-state index in [9.17, 15) is 18.3 Å². The summed E-state index contributed by atoms with van der Waals surface area (Å²) in [6, 6.07) is 9.58. The van der Waals surface area contributed by atoms with E-state index in [1.54, 1.807) is 11.6 Å². The van der Waals surface area contributed by atoms with Crippen LogP contribution in [0.15, 0.2) is 35.1 Å². The highest BCUT2D eigenvalue weighted by molar-refractivity contribution is 7.89. The Labute approximate surface area is 153 Å². The van der Waals surface area contributed by atoms with Crippen LogP contribution in [0.5, 0.6) is 0 Å². The van der Waals surface area contributed by atoms with Crippen molar-refractivity contribution in [2.24, 2.45) is 13.0 Å². The summed E-state index contributed by atoms with van der Waals surface area (Å²) in [5.74, 6) is -0.445. The Morgan fingerprint density at radius 1 is 1.23 bits per heavy atom. The fraction of sp³-hybridized carbons (Fsp3) is 0.500. The van der Waals surface area contributed by atoms with Gasteiger partial charge in [-0.05, 0) is 17.5 Å². The van der Waals surface area contributed by atoms with Gasteiger partial charge >= 0.3 is 0 Å². The third-order valence-electron chi connectivity index (χ3n) is 5.06. The molecule has 1 aliphatic heterocycles. The first-order chi connectivity index (χ1) is 12.2. The molecule has 1 aromatic heterocycles. The number of rotatable bonds is 5. The van der Waals surface area contributed by atoms with Crippen LogP contribution < -0.4 is 5.56 Å². The highest BCUT2D eigenvalue weighted by Crippen LogP contribution is 2.22. The molecule has 0 saturated carbocycles. The number of benzene rings is 1. The van der Waals surface area contributed by atoms with Gasteiger partial charge in [-0.3, -0.25) is 9.69 Å². The smallest absolute Gasteiger partial charge is 0.255 e. The van der Waals surface area contributed by atoms with E-state index in [1.165, 1.54) is 18.4 Å². The molecule has 2 aromatic rings. The van der Waals surface area contributed by atoms with Gasteiger partial charge in [-0.2, -0.15) is 0 Å². The molecule has 0 aliphatic carbocycles. The largest absolute Gasteiger partial charge is 0.391 e. The quantitative estimate of drug-likeness (QED) is 0.804. The van der Waals surface area contributed by atoms with Gasteiger partial charge in [-0.15, -0.1) is 0 Å². The van der Waals surface area contributed by atoms with Gasteiger partial charge in [0.1, 0.15) is 0 Å². The number of likely N-dealkylation sites (tertiary alicyclic amines) is 1. The molecule has 26 heavy (non-hydrogen) atoms. The van der Waals surface area contributed by atoms with Crippen molar-refractivity contribution in [1.29, 1.82) is 0 Å². The maximum absolute atomic E-state index is 12.6. The second kappa shape index (κ2) is 7.11. The summed E-state index contributed by atoms with van der Waals surface area (Å²) in [6.07, 6.45) is -0.714. The minimum Gasteiger partial charge on any atom is -0.391 e. The Morgan fingerprint density at radius 3 is 2.62 bits per heavy atom. The maximum Gasteiger partial charge on any atom is 0.255 e. The summed E-state index contributed by atoms with van der Waals surface area (Å²) in [5.41, 5.74) is 1.45. The van der Waals surface area contributed by atoms with Crippen LogP contribution in [0.3, 0.4) is 0 Å². The van der Waals surface area contributed by atoms with E-state index in [1.807, 2.05) is 35.2 Å². The van der Waals surface area contributed by atoms with Crippen LogP contribution >= 0.6 is 0 Å². The van der Waals surface area contributed by atoms with Gasteiger partial charge < -0.3 is 9.67 Å². The summed E-state index contributed by atoms with van der Waals surface area (Å²) in [6.45, 7) is 1.21. The molecule has 1 N–H and O–H groups in total. The molecule has 0 bridgehead atoms. The summed E-state index contributed by atoms with van der Waals surface area (Å²) in [4.78, 5) is 14.6. The number of fused-ring (bicyclic) bond motifs is 1. The molecule has 1 aliphatic rings. The van der Waals surface area contributed by atoms with Gasteiger partial charge in [-0.1, -0.05) is 18.2 Å². The second-order valence-corrected chi connectivity index (χ2v) is 9.40. The molecule has 142 valence electrons. The minimum absolute atomic E-state index is 0.0671. The Kier molecular flexibility index (Phi) is 5.21. The molecule has 7 nitrogen and oxygen atoms in total. The van der Waals surface area contributed by atoms with Gasteiger partial charge in [0.2, 0.25) is 10.0 Å². The van der Waals surface area contributed by atoms with E-state index < -0.39 is 16.1 Å². The van der Waals surface area contributed by atoms with E-state index in [0.29, 0.717) is 25.2 Å². The van der Waals surface area contributed by atoms with Crippen molar-refractivity contribution >= 4 is 20.9 Å². The number of aromatic nitrogens is 1. The predicted octanol–water partition coefficient (Wildman–Crippen LogP) is 0.223. The average molecular weight is 379 g/mol. The summed E-state index contributed by atoms with van der Waals surface area (Å²) < 4.78 is 27.0. The molecule has 3 rings (SSSR count). The van der Waals surface area contributed by atoms with Gasteiger partial charge in [0.05, 0.1) is 17.4 Å². The average Bonchev–Trinajstić information content (AvgIpc) is 2.91. The zero-order chi connectivity index (χ0) is 19.1. The number of aliphatic hydroxyl groups excluding tert-OH is 1. The first-order valence-electron chi connectivity index (χ1n) is 8.57. The lowest BCUT2D eigenvalue weighted by Gasteiger charge is -2.18. The lowest BCUT2D eigenvalue weighted by atomic mass is 10.1. The van der Waals surface area contributed by atoms with E-state index in [0.717, 1.165) is 10.9 Å². The molecule has 2 atom stereocenters. The highest BCUT2D eigenvalue weighted by Gasteiger charge is 2.35. The van der Waals surface area contributed by atoms with Crippen molar-refractivity contribution in [3.8, 4) is 0 Å². The van der Waals surface area contributed by atoms with Crippen molar-refractivity contribution in [2.45, 2.75) is 12.6 Å².